The summed E-state index contributed by atoms with van der Waals surface area (Å²) in [5.74, 6) is -0.666. The van der Waals surface area contributed by atoms with Crippen LogP contribution in [0.25, 0.3) is 0 Å². The molecule has 1 aromatic carbocycles. The van der Waals surface area contributed by atoms with Gasteiger partial charge in [0.05, 0.1) is 6.04 Å². The normalized spacial score (nSPS) is 23.4. The molecule has 6 heteroatoms. The first-order valence-corrected chi connectivity index (χ1v) is 7.69. The molecule has 120 valence electrons. The molecule has 1 aromatic rings. The van der Waals surface area contributed by atoms with Crippen molar-refractivity contribution in [1.82, 2.24) is 10.2 Å². The second-order valence-electron chi connectivity index (χ2n) is 5.66. The van der Waals surface area contributed by atoms with E-state index < -0.39 is 12.2 Å². The molecule has 1 N–H and O–H groups in total. The minimum Gasteiger partial charge on any atom is -0.444 e. The van der Waals surface area contributed by atoms with Gasteiger partial charge in [0.25, 0.3) is 11.8 Å². The van der Waals surface area contributed by atoms with Crippen molar-refractivity contribution in [2.75, 3.05) is 0 Å². The molecular formula is C17H18N2O4. The van der Waals surface area contributed by atoms with E-state index in [-0.39, 0.29) is 17.9 Å². The van der Waals surface area contributed by atoms with E-state index in [2.05, 4.69) is 5.32 Å². The summed E-state index contributed by atoms with van der Waals surface area (Å²) in [5.41, 5.74) is 0.974. The number of nitrogens with one attached hydrogen (secondary N) is 1. The van der Waals surface area contributed by atoms with Crippen molar-refractivity contribution in [2.45, 2.75) is 38.0 Å². The first-order valence-electron chi connectivity index (χ1n) is 7.69. The van der Waals surface area contributed by atoms with Crippen molar-refractivity contribution < 1.29 is 19.1 Å². The highest BCUT2D eigenvalue weighted by Crippen LogP contribution is 2.29. The maximum atomic E-state index is 12.0. The Morgan fingerprint density at radius 2 is 1.83 bits per heavy atom. The molecule has 3 amide bonds. The van der Waals surface area contributed by atoms with E-state index in [1.54, 1.807) is 0 Å². The lowest BCUT2D eigenvalue weighted by atomic mass is 10.2. The van der Waals surface area contributed by atoms with Crippen LogP contribution in [0.15, 0.2) is 42.5 Å². The molecule has 1 fully saturated rings. The van der Waals surface area contributed by atoms with Gasteiger partial charge in [-0.05, 0) is 24.8 Å². The molecule has 6 nitrogen and oxygen atoms in total. The van der Waals surface area contributed by atoms with Crippen LogP contribution in [0.4, 0.5) is 4.79 Å². The summed E-state index contributed by atoms with van der Waals surface area (Å²) >= 11 is 0. The summed E-state index contributed by atoms with van der Waals surface area (Å²) < 4.78 is 5.43. The molecule has 1 aliphatic carbocycles. The van der Waals surface area contributed by atoms with Crippen LogP contribution < -0.4 is 5.32 Å². The molecular weight excluding hydrogens is 296 g/mol. The van der Waals surface area contributed by atoms with Gasteiger partial charge in [-0.15, -0.1) is 0 Å². The quantitative estimate of drug-likeness (QED) is 0.859. The number of benzene rings is 1. The average molecular weight is 314 g/mol. The molecule has 0 spiro atoms. The average Bonchev–Trinajstić information content (AvgIpc) is 3.12. The maximum Gasteiger partial charge on any atom is 0.407 e. The zero-order chi connectivity index (χ0) is 16.2. The Hall–Kier alpha value is -2.63. The summed E-state index contributed by atoms with van der Waals surface area (Å²) in [5, 5.41) is 2.69. The van der Waals surface area contributed by atoms with Crippen molar-refractivity contribution in [3.8, 4) is 0 Å². The van der Waals surface area contributed by atoms with Crippen LogP contribution >= 0.6 is 0 Å². The van der Waals surface area contributed by atoms with Gasteiger partial charge in [-0.25, -0.2) is 4.79 Å². The summed E-state index contributed by atoms with van der Waals surface area (Å²) in [6.07, 6.45) is 3.67. The van der Waals surface area contributed by atoms with E-state index >= 15 is 0 Å². The van der Waals surface area contributed by atoms with Crippen LogP contribution in [0, 0.1) is 0 Å². The number of hydrogen-bond acceptors (Lipinski definition) is 4. The van der Waals surface area contributed by atoms with Crippen LogP contribution in [0.1, 0.15) is 24.8 Å². The molecule has 2 aliphatic rings. The minimum absolute atomic E-state index is 0.333. The Labute approximate surface area is 134 Å². The Balaban J connectivity index is 1.55. The smallest absolute Gasteiger partial charge is 0.407 e. The molecule has 23 heavy (non-hydrogen) atoms. The Kier molecular flexibility index (Phi) is 4.41. The number of amides is 3. The van der Waals surface area contributed by atoms with Crippen molar-refractivity contribution in [2.24, 2.45) is 0 Å². The highest BCUT2D eigenvalue weighted by Gasteiger charge is 2.41. The number of carbonyl (C=O) groups excluding carboxylic acids is 3. The second kappa shape index (κ2) is 6.64. The third-order valence-electron chi connectivity index (χ3n) is 4.13. The fourth-order valence-electron chi connectivity index (χ4n) is 3.03. The Morgan fingerprint density at radius 3 is 2.52 bits per heavy atom. The summed E-state index contributed by atoms with van der Waals surface area (Å²) in [7, 11) is 0. The van der Waals surface area contributed by atoms with Gasteiger partial charge in [0.15, 0.2) is 0 Å². The van der Waals surface area contributed by atoms with Crippen molar-refractivity contribution >= 4 is 17.9 Å². The molecule has 3 rings (SSSR count). The number of carbonyl (C=O) groups is 3. The van der Waals surface area contributed by atoms with E-state index in [9.17, 15) is 14.4 Å². The number of nitrogens with zero attached hydrogens (tertiary/aromatic N) is 1. The highest BCUT2D eigenvalue weighted by atomic mass is 16.6. The molecule has 0 bridgehead atoms. The lowest BCUT2D eigenvalue weighted by Crippen LogP contribution is -2.46. The predicted molar refractivity (Wildman–Crippen MR) is 82.2 cm³/mol. The van der Waals surface area contributed by atoms with Gasteiger partial charge in [-0.3, -0.25) is 14.5 Å². The summed E-state index contributed by atoms with van der Waals surface area (Å²) in [6.45, 7) is 0.375. The fraction of sp³-hybridized carbons (Fsp3) is 0.353. The van der Waals surface area contributed by atoms with Crippen molar-refractivity contribution in [3.63, 3.8) is 0 Å². The number of rotatable bonds is 4. The van der Waals surface area contributed by atoms with E-state index in [0.29, 0.717) is 19.4 Å². The number of hydrogen-bond donors (Lipinski definition) is 1. The fourth-order valence-corrected chi connectivity index (χ4v) is 3.03. The van der Waals surface area contributed by atoms with Gasteiger partial charge < -0.3 is 10.1 Å². The highest BCUT2D eigenvalue weighted by molar-refractivity contribution is 6.13. The van der Waals surface area contributed by atoms with Gasteiger partial charge in [0.2, 0.25) is 0 Å². The molecule has 0 radical (unpaired) electrons. The van der Waals surface area contributed by atoms with Crippen LogP contribution in [0.2, 0.25) is 0 Å². The summed E-state index contributed by atoms with van der Waals surface area (Å²) in [6, 6.07) is 9.15. The standard InChI is InChI=1S/C17H18N2O4/c20-15-9-10-16(21)19(15)13-7-4-8-14(13)23-17(22)18-11-12-5-2-1-3-6-12/h1-3,5-6,9-10,13-14H,4,7-8,11H2,(H,18,22)/t13-,14-/m0/s1. The van der Waals surface area contributed by atoms with E-state index in [0.717, 1.165) is 12.0 Å². The zero-order valence-corrected chi connectivity index (χ0v) is 12.6. The third kappa shape index (κ3) is 3.41. The molecule has 0 unspecified atom stereocenters. The zero-order valence-electron chi connectivity index (χ0n) is 12.6. The van der Waals surface area contributed by atoms with Crippen LogP contribution in [-0.2, 0) is 20.9 Å². The summed E-state index contributed by atoms with van der Waals surface area (Å²) in [4.78, 5) is 36.7. The third-order valence-corrected chi connectivity index (χ3v) is 4.13. The van der Waals surface area contributed by atoms with Crippen LogP contribution in [0.3, 0.4) is 0 Å². The van der Waals surface area contributed by atoms with E-state index in [1.807, 2.05) is 30.3 Å². The van der Waals surface area contributed by atoms with E-state index in [1.165, 1.54) is 17.1 Å². The first kappa shape index (κ1) is 15.3. The van der Waals surface area contributed by atoms with Gasteiger partial charge in [-0.2, -0.15) is 0 Å². The van der Waals surface area contributed by atoms with Crippen LogP contribution in [0.5, 0.6) is 0 Å². The number of ether oxygens (including phenoxy) is 1. The first-order chi connectivity index (χ1) is 11.1. The SMILES string of the molecule is O=C(NCc1ccccc1)O[C@H]1CCC[C@@H]1N1C(=O)C=CC1=O. The largest absolute Gasteiger partial charge is 0.444 e. The topological polar surface area (TPSA) is 75.7 Å². The monoisotopic (exact) mass is 314 g/mol. The lowest BCUT2D eigenvalue weighted by molar-refractivity contribution is -0.141. The van der Waals surface area contributed by atoms with E-state index in [4.69, 9.17) is 4.74 Å². The lowest BCUT2D eigenvalue weighted by Gasteiger charge is -2.27. The number of alkyl carbamates (subject to hydrolysis) is 1. The van der Waals surface area contributed by atoms with Crippen molar-refractivity contribution in [1.29, 1.82) is 0 Å². The molecule has 1 aliphatic heterocycles. The maximum absolute atomic E-state index is 12.0. The molecule has 0 saturated heterocycles. The number of imide groups is 1. The molecule has 1 saturated carbocycles. The van der Waals surface area contributed by atoms with Gasteiger partial charge in [0.1, 0.15) is 6.10 Å². The predicted octanol–water partition coefficient (Wildman–Crippen LogP) is 1.76. The minimum atomic E-state index is -0.530. The van der Waals surface area contributed by atoms with Gasteiger partial charge in [-0.1, -0.05) is 30.3 Å². The van der Waals surface area contributed by atoms with Crippen LogP contribution in [-0.4, -0.2) is 35.0 Å². The second-order valence-corrected chi connectivity index (χ2v) is 5.66. The van der Waals surface area contributed by atoms with Gasteiger partial charge >= 0.3 is 6.09 Å². The van der Waals surface area contributed by atoms with Crippen molar-refractivity contribution in [3.05, 3.63) is 48.0 Å². The molecule has 1 heterocycles. The Bertz CT molecular complexity index is 623. The van der Waals surface area contributed by atoms with Gasteiger partial charge in [0, 0.05) is 18.7 Å². The molecule has 2 atom stereocenters. The molecule has 0 aromatic heterocycles. The Morgan fingerprint density at radius 1 is 1.13 bits per heavy atom.